The van der Waals surface area contributed by atoms with Crippen LogP contribution >= 0.6 is 0 Å². The molecular formula is C22H23N3O2. The van der Waals surface area contributed by atoms with Crippen LogP contribution in [0.25, 0.3) is 11.4 Å². The Balaban J connectivity index is 1.68. The Morgan fingerprint density at radius 1 is 0.963 bits per heavy atom. The Hall–Kier alpha value is -3.21. The second kappa shape index (κ2) is 8.45. The Bertz CT molecular complexity index is 893. The molecule has 5 heteroatoms. The van der Waals surface area contributed by atoms with Gasteiger partial charge in [0.1, 0.15) is 5.75 Å². The standard InChI is InChI=1S/C22H23N3O2/c1-15(2)27-20-11-7-10-18(12-20)16(3)25-22(26)19-13-23-21(24-14-19)17-8-5-4-6-9-17/h4-16H,1-3H3,(H,25,26). The van der Waals surface area contributed by atoms with Crippen LogP contribution in [0.2, 0.25) is 0 Å². The number of nitrogens with zero attached hydrogens (tertiary/aromatic N) is 2. The molecule has 138 valence electrons. The summed E-state index contributed by atoms with van der Waals surface area (Å²) < 4.78 is 5.72. The molecule has 0 saturated heterocycles. The third kappa shape index (κ3) is 4.91. The van der Waals surface area contributed by atoms with E-state index in [0.29, 0.717) is 11.4 Å². The number of hydrogen-bond acceptors (Lipinski definition) is 4. The highest BCUT2D eigenvalue weighted by atomic mass is 16.5. The number of carbonyl (C=O) groups excluding carboxylic acids is 1. The van der Waals surface area contributed by atoms with Gasteiger partial charge in [0, 0.05) is 18.0 Å². The van der Waals surface area contributed by atoms with E-state index in [-0.39, 0.29) is 18.1 Å². The van der Waals surface area contributed by atoms with Crippen LogP contribution in [0.1, 0.15) is 42.7 Å². The molecular weight excluding hydrogens is 338 g/mol. The summed E-state index contributed by atoms with van der Waals surface area (Å²) in [4.78, 5) is 21.1. The fraction of sp³-hybridized carbons (Fsp3) is 0.227. The lowest BCUT2D eigenvalue weighted by atomic mass is 10.1. The summed E-state index contributed by atoms with van der Waals surface area (Å²) in [6, 6.07) is 17.2. The van der Waals surface area contributed by atoms with E-state index >= 15 is 0 Å². The molecule has 1 aromatic heterocycles. The maximum absolute atomic E-state index is 12.5. The van der Waals surface area contributed by atoms with Gasteiger partial charge in [-0.1, -0.05) is 42.5 Å². The van der Waals surface area contributed by atoms with E-state index in [2.05, 4.69) is 15.3 Å². The molecule has 0 spiro atoms. The van der Waals surface area contributed by atoms with E-state index < -0.39 is 0 Å². The smallest absolute Gasteiger partial charge is 0.254 e. The van der Waals surface area contributed by atoms with Gasteiger partial charge in [-0.2, -0.15) is 0 Å². The van der Waals surface area contributed by atoms with Crippen molar-refractivity contribution in [1.29, 1.82) is 0 Å². The Labute approximate surface area is 159 Å². The summed E-state index contributed by atoms with van der Waals surface area (Å²) in [7, 11) is 0. The van der Waals surface area contributed by atoms with Crippen LogP contribution < -0.4 is 10.1 Å². The first-order valence-electron chi connectivity index (χ1n) is 8.98. The molecule has 0 fully saturated rings. The van der Waals surface area contributed by atoms with Gasteiger partial charge in [-0.05, 0) is 38.5 Å². The zero-order valence-corrected chi connectivity index (χ0v) is 15.7. The number of amides is 1. The van der Waals surface area contributed by atoms with Crippen molar-refractivity contribution >= 4 is 5.91 Å². The van der Waals surface area contributed by atoms with Crippen molar-refractivity contribution in [3.05, 3.63) is 78.1 Å². The molecule has 0 aliphatic carbocycles. The Morgan fingerprint density at radius 2 is 1.67 bits per heavy atom. The van der Waals surface area contributed by atoms with Gasteiger partial charge in [-0.3, -0.25) is 4.79 Å². The van der Waals surface area contributed by atoms with Gasteiger partial charge in [0.05, 0.1) is 17.7 Å². The van der Waals surface area contributed by atoms with Gasteiger partial charge in [0.25, 0.3) is 5.91 Å². The molecule has 5 nitrogen and oxygen atoms in total. The van der Waals surface area contributed by atoms with Crippen LogP contribution in [0.15, 0.2) is 67.0 Å². The van der Waals surface area contributed by atoms with Crippen molar-refractivity contribution in [3.63, 3.8) is 0 Å². The number of rotatable bonds is 6. The highest BCUT2D eigenvalue weighted by Gasteiger charge is 2.13. The van der Waals surface area contributed by atoms with E-state index in [0.717, 1.165) is 16.9 Å². The van der Waals surface area contributed by atoms with Crippen LogP contribution in [0.4, 0.5) is 0 Å². The molecule has 3 rings (SSSR count). The normalized spacial score (nSPS) is 11.9. The van der Waals surface area contributed by atoms with Gasteiger partial charge >= 0.3 is 0 Å². The molecule has 0 aliphatic heterocycles. The summed E-state index contributed by atoms with van der Waals surface area (Å²) in [6.45, 7) is 5.90. The van der Waals surface area contributed by atoms with Gasteiger partial charge in [-0.15, -0.1) is 0 Å². The average Bonchev–Trinajstić information content (AvgIpc) is 2.68. The zero-order chi connectivity index (χ0) is 19.2. The highest BCUT2D eigenvalue weighted by Crippen LogP contribution is 2.20. The molecule has 0 saturated carbocycles. The minimum Gasteiger partial charge on any atom is -0.491 e. The quantitative estimate of drug-likeness (QED) is 0.706. The number of benzene rings is 2. The molecule has 1 amide bonds. The summed E-state index contributed by atoms with van der Waals surface area (Å²) >= 11 is 0. The first-order chi connectivity index (χ1) is 13.0. The molecule has 2 aromatic carbocycles. The topological polar surface area (TPSA) is 64.1 Å². The highest BCUT2D eigenvalue weighted by molar-refractivity contribution is 5.94. The molecule has 1 heterocycles. The minimum atomic E-state index is -0.211. The summed E-state index contributed by atoms with van der Waals surface area (Å²) in [5.74, 6) is 1.18. The number of nitrogens with one attached hydrogen (secondary N) is 1. The van der Waals surface area contributed by atoms with Gasteiger partial charge in [0.2, 0.25) is 0 Å². The molecule has 0 radical (unpaired) electrons. The predicted octanol–water partition coefficient (Wildman–Crippen LogP) is 4.42. The van der Waals surface area contributed by atoms with E-state index in [1.54, 1.807) is 12.4 Å². The van der Waals surface area contributed by atoms with Gasteiger partial charge in [-0.25, -0.2) is 9.97 Å². The summed E-state index contributed by atoms with van der Waals surface area (Å²) in [5, 5.41) is 2.98. The van der Waals surface area contributed by atoms with Crippen LogP contribution in [-0.4, -0.2) is 22.0 Å². The van der Waals surface area contributed by atoms with Crippen LogP contribution in [0.5, 0.6) is 5.75 Å². The lowest BCUT2D eigenvalue weighted by molar-refractivity contribution is 0.0939. The molecule has 0 aliphatic rings. The van der Waals surface area contributed by atoms with E-state index in [1.807, 2.05) is 75.4 Å². The zero-order valence-electron chi connectivity index (χ0n) is 15.7. The lowest BCUT2D eigenvalue weighted by Gasteiger charge is -2.16. The van der Waals surface area contributed by atoms with Crippen molar-refractivity contribution in [2.45, 2.75) is 32.9 Å². The molecule has 1 unspecified atom stereocenters. The van der Waals surface area contributed by atoms with Crippen molar-refractivity contribution in [2.24, 2.45) is 0 Å². The van der Waals surface area contributed by atoms with Crippen LogP contribution in [-0.2, 0) is 0 Å². The van der Waals surface area contributed by atoms with Crippen molar-refractivity contribution < 1.29 is 9.53 Å². The lowest BCUT2D eigenvalue weighted by Crippen LogP contribution is -2.27. The fourth-order valence-electron chi connectivity index (χ4n) is 2.67. The number of ether oxygens (including phenoxy) is 1. The summed E-state index contributed by atoms with van der Waals surface area (Å²) in [5.41, 5.74) is 2.32. The fourth-order valence-corrected chi connectivity index (χ4v) is 2.67. The van der Waals surface area contributed by atoms with Crippen molar-refractivity contribution in [1.82, 2.24) is 15.3 Å². The second-order valence-electron chi connectivity index (χ2n) is 6.60. The Kier molecular flexibility index (Phi) is 5.81. The first kappa shape index (κ1) is 18.6. The van der Waals surface area contributed by atoms with Crippen LogP contribution in [0.3, 0.4) is 0 Å². The van der Waals surface area contributed by atoms with Gasteiger partial charge in [0.15, 0.2) is 5.82 Å². The first-order valence-corrected chi connectivity index (χ1v) is 8.98. The molecule has 0 bridgehead atoms. The second-order valence-corrected chi connectivity index (χ2v) is 6.60. The SMILES string of the molecule is CC(C)Oc1cccc(C(C)NC(=O)c2cnc(-c3ccccc3)nc2)c1. The van der Waals surface area contributed by atoms with Crippen molar-refractivity contribution in [3.8, 4) is 17.1 Å². The third-order valence-electron chi connectivity index (χ3n) is 4.02. The van der Waals surface area contributed by atoms with E-state index in [9.17, 15) is 4.79 Å². The maximum atomic E-state index is 12.5. The van der Waals surface area contributed by atoms with Crippen molar-refractivity contribution in [2.75, 3.05) is 0 Å². The average molecular weight is 361 g/mol. The number of carbonyl (C=O) groups is 1. The number of hydrogen-bond donors (Lipinski definition) is 1. The third-order valence-corrected chi connectivity index (χ3v) is 4.02. The monoisotopic (exact) mass is 361 g/mol. The molecule has 3 aromatic rings. The predicted molar refractivity (Wildman–Crippen MR) is 106 cm³/mol. The van der Waals surface area contributed by atoms with Crippen LogP contribution in [0, 0.1) is 0 Å². The number of aromatic nitrogens is 2. The summed E-state index contributed by atoms with van der Waals surface area (Å²) in [6.07, 6.45) is 3.20. The largest absolute Gasteiger partial charge is 0.491 e. The minimum absolute atomic E-state index is 0.102. The van der Waals surface area contributed by atoms with E-state index in [4.69, 9.17) is 4.74 Å². The molecule has 1 N–H and O–H groups in total. The Morgan fingerprint density at radius 3 is 2.33 bits per heavy atom. The molecule has 27 heavy (non-hydrogen) atoms. The molecule has 1 atom stereocenters. The maximum Gasteiger partial charge on any atom is 0.254 e. The van der Waals surface area contributed by atoms with E-state index in [1.165, 1.54) is 0 Å². The van der Waals surface area contributed by atoms with Gasteiger partial charge < -0.3 is 10.1 Å².